The normalized spacial score (nSPS) is 8.75. The molecule has 0 spiro atoms. The van der Waals surface area contributed by atoms with Gasteiger partial charge in [0.1, 0.15) is 5.82 Å². The number of pyridine rings is 1. The van der Waals surface area contributed by atoms with Gasteiger partial charge in [-0.1, -0.05) is 11.8 Å². The van der Waals surface area contributed by atoms with Gasteiger partial charge in [0, 0.05) is 18.4 Å². The van der Waals surface area contributed by atoms with Crippen LogP contribution in [0.4, 0.5) is 5.82 Å². The minimum absolute atomic E-state index is 0.490. The molecule has 0 aliphatic rings. The Morgan fingerprint density at radius 3 is 3.08 bits per heavy atom. The van der Waals surface area contributed by atoms with Crippen LogP contribution in [0.1, 0.15) is 12.0 Å². The number of nitrogen functional groups attached to an aromatic ring is 1. The van der Waals surface area contributed by atoms with Gasteiger partial charge in [0.15, 0.2) is 0 Å². The summed E-state index contributed by atoms with van der Waals surface area (Å²) in [4.78, 5) is 3.91. The van der Waals surface area contributed by atoms with Crippen molar-refractivity contribution in [1.82, 2.24) is 4.98 Å². The number of hydrogen-bond acceptors (Lipinski definition) is 3. The number of rotatable bonds is 1. The minimum Gasteiger partial charge on any atom is -0.383 e. The molecule has 0 atom stereocenters. The summed E-state index contributed by atoms with van der Waals surface area (Å²) in [5.74, 6) is 7.13. The summed E-state index contributed by atoms with van der Waals surface area (Å²) in [5.41, 5.74) is 6.36. The van der Waals surface area contributed by atoms with Gasteiger partial charge in [-0.3, -0.25) is 0 Å². The van der Waals surface area contributed by atoms with E-state index in [1.165, 1.54) is 0 Å². The lowest BCUT2D eigenvalue weighted by Gasteiger charge is -1.93. The molecule has 0 bridgehead atoms. The molecule has 0 saturated heterocycles. The molecule has 0 radical (unpaired) electrons. The molecule has 0 fully saturated rings. The van der Waals surface area contributed by atoms with Gasteiger partial charge >= 0.3 is 0 Å². The number of hydrogen-bond donors (Lipinski definition) is 2. The first kappa shape index (κ1) is 8.95. The van der Waals surface area contributed by atoms with Crippen LogP contribution in [0.2, 0.25) is 0 Å². The van der Waals surface area contributed by atoms with E-state index >= 15 is 0 Å². The first-order valence-corrected chi connectivity index (χ1v) is 4.28. The fourth-order valence-corrected chi connectivity index (χ4v) is 0.849. The lowest BCUT2D eigenvalue weighted by molar-refractivity contribution is 1.30. The van der Waals surface area contributed by atoms with E-state index in [0.29, 0.717) is 5.82 Å². The molecule has 0 aliphatic carbocycles. The van der Waals surface area contributed by atoms with Gasteiger partial charge in [0.25, 0.3) is 0 Å². The first-order chi connectivity index (χ1) is 5.84. The van der Waals surface area contributed by atoms with Crippen molar-refractivity contribution in [3.63, 3.8) is 0 Å². The maximum atomic E-state index is 5.57. The predicted octanol–water partition coefficient (Wildman–Crippen LogP) is 1.34. The average molecular weight is 178 g/mol. The molecular weight excluding hydrogens is 168 g/mol. The molecule has 0 aromatic carbocycles. The Morgan fingerprint density at radius 1 is 1.58 bits per heavy atom. The lowest BCUT2D eigenvalue weighted by atomic mass is 10.2. The topological polar surface area (TPSA) is 38.9 Å². The van der Waals surface area contributed by atoms with Crippen LogP contribution in [-0.2, 0) is 0 Å². The Bertz CT molecular complexity index is 312. The maximum absolute atomic E-state index is 5.57. The van der Waals surface area contributed by atoms with Crippen molar-refractivity contribution in [2.24, 2.45) is 0 Å². The van der Waals surface area contributed by atoms with Crippen LogP contribution in [0.15, 0.2) is 18.3 Å². The van der Waals surface area contributed by atoms with Crippen molar-refractivity contribution in [2.45, 2.75) is 6.42 Å². The molecular formula is C9H10N2S. The van der Waals surface area contributed by atoms with E-state index in [9.17, 15) is 0 Å². The van der Waals surface area contributed by atoms with Crippen molar-refractivity contribution >= 4 is 18.4 Å². The second kappa shape index (κ2) is 4.68. The summed E-state index contributed by atoms with van der Waals surface area (Å²) in [5, 5.41) is 0. The van der Waals surface area contributed by atoms with E-state index in [1.54, 1.807) is 6.20 Å². The van der Waals surface area contributed by atoms with Gasteiger partial charge in [-0.15, -0.1) is 0 Å². The molecule has 0 saturated carbocycles. The van der Waals surface area contributed by atoms with Crippen LogP contribution < -0.4 is 5.73 Å². The van der Waals surface area contributed by atoms with Crippen molar-refractivity contribution in [2.75, 3.05) is 11.5 Å². The van der Waals surface area contributed by atoms with E-state index in [0.717, 1.165) is 17.7 Å². The molecule has 1 heterocycles. The smallest absolute Gasteiger partial charge is 0.139 e. The second-order valence-electron chi connectivity index (χ2n) is 2.21. The fraction of sp³-hybridized carbons (Fsp3) is 0.222. The third-order valence-electron chi connectivity index (χ3n) is 1.30. The van der Waals surface area contributed by atoms with E-state index in [4.69, 9.17) is 5.73 Å². The Hall–Kier alpha value is -1.14. The molecule has 2 N–H and O–H groups in total. The summed E-state index contributed by atoms with van der Waals surface area (Å²) < 4.78 is 0. The molecule has 1 aromatic heterocycles. The van der Waals surface area contributed by atoms with Crippen molar-refractivity contribution in [3.05, 3.63) is 23.9 Å². The number of nitrogens with zero attached hydrogens (tertiary/aromatic N) is 1. The van der Waals surface area contributed by atoms with E-state index < -0.39 is 0 Å². The Kier molecular flexibility index (Phi) is 3.49. The molecule has 12 heavy (non-hydrogen) atoms. The monoisotopic (exact) mass is 178 g/mol. The van der Waals surface area contributed by atoms with Crippen molar-refractivity contribution in [1.29, 1.82) is 0 Å². The Labute approximate surface area is 77.6 Å². The molecule has 0 amide bonds. The number of nitrogens with two attached hydrogens (primary N) is 1. The van der Waals surface area contributed by atoms with Gasteiger partial charge in [-0.05, 0) is 12.1 Å². The predicted molar refractivity (Wildman–Crippen MR) is 54.0 cm³/mol. The van der Waals surface area contributed by atoms with Crippen LogP contribution in [0.5, 0.6) is 0 Å². The van der Waals surface area contributed by atoms with Gasteiger partial charge in [-0.25, -0.2) is 4.98 Å². The third-order valence-corrected chi connectivity index (χ3v) is 1.52. The summed E-state index contributed by atoms with van der Waals surface area (Å²) in [7, 11) is 0. The van der Waals surface area contributed by atoms with Gasteiger partial charge in [0.2, 0.25) is 0 Å². The zero-order chi connectivity index (χ0) is 8.81. The third kappa shape index (κ3) is 2.48. The summed E-state index contributed by atoms with van der Waals surface area (Å²) in [6.45, 7) is 0. The molecule has 3 heteroatoms. The van der Waals surface area contributed by atoms with Gasteiger partial charge in [-0.2, -0.15) is 12.6 Å². The first-order valence-electron chi connectivity index (χ1n) is 3.65. The van der Waals surface area contributed by atoms with E-state index in [2.05, 4.69) is 29.5 Å². The zero-order valence-electron chi connectivity index (χ0n) is 6.62. The van der Waals surface area contributed by atoms with Crippen molar-refractivity contribution in [3.8, 4) is 11.8 Å². The maximum Gasteiger partial charge on any atom is 0.139 e. The van der Waals surface area contributed by atoms with E-state index in [1.807, 2.05) is 12.1 Å². The number of thiol groups is 1. The molecule has 0 aliphatic heterocycles. The lowest BCUT2D eigenvalue weighted by Crippen LogP contribution is -1.92. The SMILES string of the molecule is Nc1ncccc1C#CCCS. The fourth-order valence-electron chi connectivity index (χ4n) is 0.737. The minimum atomic E-state index is 0.490. The standard InChI is InChI=1S/C9H10N2S/c10-9-8(4-1-2-7-12)5-3-6-11-9/h3,5-6,12H,2,7H2,(H2,10,11). The number of aromatic nitrogens is 1. The highest BCUT2D eigenvalue weighted by Crippen LogP contribution is 2.03. The van der Waals surface area contributed by atoms with Crippen LogP contribution in [-0.4, -0.2) is 10.7 Å². The summed E-state index contributed by atoms with van der Waals surface area (Å²) in [6, 6.07) is 3.68. The highest BCUT2D eigenvalue weighted by Gasteiger charge is 1.91. The van der Waals surface area contributed by atoms with Crippen LogP contribution in [0.25, 0.3) is 0 Å². The summed E-state index contributed by atoms with van der Waals surface area (Å²) >= 11 is 4.04. The number of anilines is 1. The van der Waals surface area contributed by atoms with Gasteiger partial charge in [0.05, 0.1) is 5.56 Å². The molecule has 2 nitrogen and oxygen atoms in total. The van der Waals surface area contributed by atoms with Gasteiger partial charge < -0.3 is 5.73 Å². The van der Waals surface area contributed by atoms with Crippen LogP contribution >= 0.6 is 12.6 Å². The quantitative estimate of drug-likeness (QED) is 0.503. The van der Waals surface area contributed by atoms with Crippen LogP contribution in [0.3, 0.4) is 0 Å². The van der Waals surface area contributed by atoms with E-state index in [-0.39, 0.29) is 0 Å². The van der Waals surface area contributed by atoms with Crippen molar-refractivity contribution < 1.29 is 0 Å². The largest absolute Gasteiger partial charge is 0.383 e. The molecule has 1 aromatic rings. The second-order valence-corrected chi connectivity index (χ2v) is 2.66. The highest BCUT2D eigenvalue weighted by atomic mass is 32.1. The molecule has 1 rings (SSSR count). The summed E-state index contributed by atoms with van der Waals surface area (Å²) in [6.07, 6.45) is 2.43. The average Bonchev–Trinajstić information content (AvgIpc) is 2.09. The zero-order valence-corrected chi connectivity index (χ0v) is 7.51. The van der Waals surface area contributed by atoms with Crippen LogP contribution in [0, 0.1) is 11.8 Å². The Balaban J connectivity index is 2.77. The molecule has 0 unspecified atom stereocenters. The Morgan fingerprint density at radius 2 is 2.42 bits per heavy atom. The molecule has 62 valence electrons. The highest BCUT2D eigenvalue weighted by molar-refractivity contribution is 7.80.